The fourth-order valence-electron chi connectivity index (χ4n) is 2.21. The van der Waals surface area contributed by atoms with Crippen molar-refractivity contribution in [2.45, 2.75) is 13.8 Å². The van der Waals surface area contributed by atoms with E-state index >= 15 is 0 Å². The van der Waals surface area contributed by atoms with Gasteiger partial charge in [0.1, 0.15) is 0 Å². The van der Waals surface area contributed by atoms with Crippen molar-refractivity contribution in [3.05, 3.63) is 79.9 Å². The Morgan fingerprint density at radius 3 is 1.41 bits per heavy atom. The molecular formula is C19H20N4O4. The van der Waals surface area contributed by atoms with Crippen LogP contribution in [0.25, 0.3) is 0 Å². The first kappa shape index (κ1) is 19.9. The lowest BCUT2D eigenvalue weighted by molar-refractivity contribution is -0.385. The van der Waals surface area contributed by atoms with Crippen molar-refractivity contribution in [1.29, 1.82) is 0 Å². The van der Waals surface area contributed by atoms with Crippen LogP contribution in [0.15, 0.2) is 58.5 Å². The summed E-state index contributed by atoms with van der Waals surface area (Å²) >= 11 is 0. The minimum atomic E-state index is -0.438. The summed E-state index contributed by atoms with van der Waals surface area (Å²) in [7, 11) is 0. The predicted octanol–water partition coefficient (Wildman–Crippen LogP) is 4.07. The molecule has 0 aliphatic carbocycles. The Morgan fingerprint density at radius 1 is 0.778 bits per heavy atom. The second-order valence-corrected chi connectivity index (χ2v) is 6.80. The molecule has 0 aliphatic rings. The van der Waals surface area contributed by atoms with Gasteiger partial charge >= 0.3 is 0 Å². The van der Waals surface area contributed by atoms with E-state index in [0.717, 1.165) is 11.1 Å². The van der Waals surface area contributed by atoms with E-state index in [1.165, 1.54) is 24.3 Å². The first-order chi connectivity index (χ1) is 12.8. The van der Waals surface area contributed by atoms with Crippen LogP contribution in [0.3, 0.4) is 0 Å². The van der Waals surface area contributed by atoms with Crippen LogP contribution in [0.2, 0.25) is 0 Å². The average Bonchev–Trinajstić information content (AvgIpc) is 2.62. The van der Waals surface area contributed by atoms with Crippen LogP contribution in [0, 0.1) is 25.6 Å². The second kappa shape index (κ2) is 8.79. The number of aliphatic imine (C=N–C) groups is 2. The lowest BCUT2D eigenvalue weighted by Gasteiger charge is -2.19. The van der Waals surface area contributed by atoms with Crippen molar-refractivity contribution >= 4 is 23.8 Å². The van der Waals surface area contributed by atoms with E-state index in [9.17, 15) is 20.2 Å². The van der Waals surface area contributed by atoms with Crippen molar-refractivity contribution in [3.8, 4) is 0 Å². The predicted molar refractivity (Wildman–Crippen MR) is 105 cm³/mol. The summed E-state index contributed by atoms with van der Waals surface area (Å²) in [5.74, 6) is 0. The number of hydrogen-bond acceptors (Lipinski definition) is 6. The molecule has 0 aliphatic heterocycles. The summed E-state index contributed by atoms with van der Waals surface area (Å²) < 4.78 is 0. The van der Waals surface area contributed by atoms with Gasteiger partial charge in [-0.3, -0.25) is 30.2 Å². The standard InChI is InChI=1S/C19H20N4O4/c1-19(2,13-20-11-15-3-7-17(8-4-15)22(24)25)14-21-12-16-5-9-18(10-6-16)23(26)27/h3-12H,13-14H2,1-2H3. The third kappa shape index (κ3) is 6.43. The van der Waals surface area contributed by atoms with Gasteiger partial charge in [-0.15, -0.1) is 0 Å². The van der Waals surface area contributed by atoms with E-state index in [-0.39, 0.29) is 16.8 Å². The van der Waals surface area contributed by atoms with Gasteiger partial charge in [0.25, 0.3) is 11.4 Å². The summed E-state index contributed by atoms with van der Waals surface area (Å²) in [6, 6.07) is 12.4. The summed E-state index contributed by atoms with van der Waals surface area (Å²) in [6.07, 6.45) is 3.37. The van der Waals surface area contributed by atoms with E-state index in [1.807, 2.05) is 13.8 Å². The van der Waals surface area contributed by atoms with E-state index in [2.05, 4.69) is 9.98 Å². The van der Waals surface area contributed by atoms with Crippen LogP contribution >= 0.6 is 0 Å². The molecule has 8 heteroatoms. The third-order valence-corrected chi connectivity index (χ3v) is 3.73. The molecule has 0 amide bonds. The Hall–Kier alpha value is -3.42. The van der Waals surface area contributed by atoms with Gasteiger partial charge in [0.15, 0.2) is 0 Å². The highest BCUT2D eigenvalue weighted by atomic mass is 16.6. The molecule has 0 atom stereocenters. The average molecular weight is 368 g/mol. The van der Waals surface area contributed by atoms with Crippen molar-refractivity contribution in [2.75, 3.05) is 13.1 Å². The molecule has 0 spiro atoms. The fraction of sp³-hybridized carbons (Fsp3) is 0.263. The van der Waals surface area contributed by atoms with Gasteiger partial charge < -0.3 is 0 Å². The first-order valence-corrected chi connectivity index (χ1v) is 8.25. The molecule has 8 nitrogen and oxygen atoms in total. The van der Waals surface area contributed by atoms with Gasteiger partial charge in [0.05, 0.1) is 9.85 Å². The highest BCUT2D eigenvalue weighted by Gasteiger charge is 2.16. The lowest BCUT2D eigenvalue weighted by Crippen LogP contribution is -2.19. The smallest absolute Gasteiger partial charge is 0.269 e. The maximum Gasteiger partial charge on any atom is 0.269 e. The zero-order valence-electron chi connectivity index (χ0n) is 15.1. The van der Waals surface area contributed by atoms with Crippen LogP contribution in [0.5, 0.6) is 0 Å². The maximum atomic E-state index is 10.6. The zero-order valence-corrected chi connectivity index (χ0v) is 15.1. The highest BCUT2D eigenvalue weighted by Crippen LogP contribution is 2.17. The highest BCUT2D eigenvalue weighted by molar-refractivity contribution is 5.80. The number of benzene rings is 2. The number of hydrogen-bond donors (Lipinski definition) is 0. The molecule has 0 aromatic heterocycles. The summed E-state index contributed by atoms with van der Waals surface area (Å²) in [5, 5.41) is 21.3. The number of non-ortho nitro benzene ring substituents is 2. The Bertz CT molecular complexity index is 785. The van der Waals surface area contributed by atoms with Gasteiger partial charge in [-0.1, -0.05) is 13.8 Å². The van der Waals surface area contributed by atoms with Crippen LogP contribution in [-0.2, 0) is 0 Å². The van der Waals surface area contributed by atoms with E-state index in [4.69, 9.17) is 0 Å². The van der Waals surface area contributed by atoms with Gasteiger partial charge in [0, 0.05) is 55.2 Å². The molecule has 0 radical (unpaired) electrons. The molecule has 2 aromatic carbocycles. The molecule has 0 N–H and O–H groups in total. The molecule has 0 saturated carbocycles. The minimum absolute atomic E-state index is 0.0491. The van der Waals surface area contributed by atoms with E-state index < -0.39 is 9.85 Å². The topological polar surface area (TPSA) is 111 Å². The second-order valence-electron chi connectivity index (χ2n) is 6.80. The number of rotatable bonds is 8. The maximum absolute atomic E-state index is 10.6. The molecule has 2 aromatic rings. The Kier molecular flexibility index (Phi) is 6.48. The first-order valence-electron chi connectivity index (χ1n) is 8.25. The van der Waals surface area contributed by atoms with E-state index in [1.54, 1.807) is 36.7 Å². The van der Waals surface area contributed by atoms with Crippen molar-refractivity contribution < 1.29 is 9.85 Å². The van der Waals surface area contributed by atoms with Gasteiger partial charge in [-0.05, 0) is 35.4 Å². The molecule has 0 bridgehead atoms. The zero-order chi connectivity index (χ0) is 19.9. The Balaban J connectivity index is 1.88. The third-order valence-electron chi connectivity index (χ3n) is 3.73. The van der Waals surface area contributed by atoms with Crippen molar-refractivity contribution in [2.24, 2.45) is 15.4 Å². The van der Waals surface area contributed by atoms with Gasteiger partial charge in [0.2, 0.25) is 0 Å². The largest absolute Gasteiger partial charge is 0.292 e. The lowest BCUT2D eigenvalue weighted by atomic mass is 9.94. The SMILES string of the molecule is CC(C)(CN=Cc1ccc([N+](=O)[O-])cc1)CN=Cc1ccc([N+](=O)[O-])cc1. The van der Waals surface area contributed by atoms with Gasteiger partial charge in [-0.25, -0.2) is 0 Å². The molecule has 0 fully saturated rings. The van der Waals surface area contributed by atoms with Crippen molar-refractivity contribution in [3.63, 3.8) is 0 Å². The molecule has 0 unspecified atom stereocenters. The number of nitro benzene ring substituents is 2. The van der Waals surface area contributed by atoms with Gasteiger partial charge in [-0.2, -0.15) is 0 Å². The normalized spacial score (nSPS) is 11.9. The van der Waals surface area contributed by atoms with E-state index in [0.29, 0.717) is 13.1 Å². The molecule has 0 heterocycles. The summed E-state index contributed by atoms with van der Waals surface area (Å²) in [5.41, 5.74) is 1.52. The Labute approximate surface area is 156 Å². The number of nitro groups is 2. The summed E-state index contributed by atoms with van der Waals surface area (Å²) in [4.78, 5) is 29.2. The molecule has 2 rings (SSSR count). The molecule has 27 heavy (non-hydrogen) atoms. The van der Waals surface area contributed by atoms with Crippen LogP contribution in [-0.4, -0.2) is 35.4 Å². The molecule has 140 valence electrons. The van der Waals surface area contributed by atoms with Crippen LogP contribution in [0.4, 0.5) is 11.4 Å². The van der Waals surface area contributed by atoms with Crippen LogP contribution in [0.1, 0.15) is 25.0 Å². The molecular weight excluding hydrogens is 348 g/mol. The minimum Gasteiger partial charge on any atom is -0.292 e. The summed E-state index contributed by atoms with van der Waals surface area (Å²) in [6.45, 7) is 5.16. The Morgan fingerprint density at radius 2 is 1.11 bits per heavy atom. The number of nitrogens with zero attached hydrogens (tertiary/aromatic N) is 4. The molecule has 0 saturated heterocycles. The van der Waals surface area contributed by atoms with Crippen LogP contribution < -0.4 is 0 Å². The fourth-order valence-corrected chi connectivity index (χ4v) is 2.21. The van der Waals surface area contributed by atoms with Crippen molar-refractivity contribution in [1.82, 2.24) is 0 Å². The monoisotopic (exact) mass is 368 g/mol. The quantitative estimate of drug-likeness (QED) is 0.397.